The van der Waals surface area contributed by atoms with E-state index in [0.29, 0.717) is 11.4 Å². The summed E-state index contributed by atoms with van der Waals surface area (Å²) in [5, 5.41) is 9.57. The highest BCUT2D eigenvalue weighted by Crippen LogP contribution is 1.99. The first kappa shape index (κ1) is 8.30. The molecule has 0 atom stereocenters. The molecule has 9 heavy (non-hydrogen) atoms. The van der Waals surface area contributed by atoms with Gasteiger partial charge >= 0.3 is 0 Å². The summed E-state index contributed by atoms with van der Waals surface area (Å²) in [6.07, 6.45) is 0. The second-order valence-electron chi connectivity index (χ2n) is 1.60. The molecule has 0 saturated heterocycles. The molecule has 0 aromatic heterocycles. The van der Waals surface area contributed by atoms with Gasteiger partial charge in [-0.3, -0.25) is 5.41 Å². The van der Waals surface area contributed by atoms with E-state index < -0.39 is 0 Å². The summed E-state index contributed by atoms with van der Waals surface area (Å²) < 4.78 is 0. The average Bonchev–Trinajstić information content (AvgIpc) is 1.84. The van der Waals surface area contributed by atoms with Gasteiger partial charge in [-0.15, -0.1) is 0 Å². The Hall–Kier alpha value is -0.700. The van der Waals surface area contributed by atoms with Gasteiger partial charge in [-0.25, -0.2) is 0 Å². The van der Waals surface area contributed by atoms with Crippen LogP contribution in [0.5, 0.6) is 0 Å². The van der Waals surface area contributed by atoms with Crippen LogP contribution in [0.15, 0.2) is 11.4 Å². The third-order valence-corrected chi connectivity index (χ3v) is 1.29. The van der Waals surface area contributed by atoms with E-state index in [-0.39, 0.29) is 5.17 Å². The van der Waals surface area contributed by atoms with Crippen LogP contribution in [0.1, 0.15) is 6.92 Å². The number of rotatable bonds is 2. The average molecular weight is 148 g/mol. The fourth-order valence-electron chi connectivity index (χ4n) is 0.306. The van der Waals surface area contributed by atoms with Gasteiger partial charge in [0.25, 0.3) is 0 Å². The van der Waals surface area contributed by atoms with Crippen molar-refractivity contribution in [3.8, 4) is 0 Å². The first-order chi connectivity index (χ1) is 4.09. The second kappa shape index (κ2) is 3.35. The largest absolute Gasteiger partial charge is 0.385 e. The topological polar surface area (TPSA) is 61.9 Å². The van der Waals surface area contributed by atoms with Crippen molar-refractivity contribution in [3.63, 3.8) is 0 Å². The minimum absolute atomic E-state index is 0.0261. The van der Waals surface area contributed by atoms with Crippen molar-refractivity contribution in [1.29, 1.82) is 5.41 Å². The van der Waals surface area contributed by atoms with Crippen molar-refractivity contribution in [3.05, 3.63) is 11.4 Å². The van der Waals surface area contributed by atoms with Crippen LogP contribution < -0.4 is 11.1 Å². The molecule has 0 saturated carbocycles. The Morgan fingerprint density at radius 2 is 2.11 bits per heavy atom. The van der Waals surface area contributed by atoms with Gasteiger partial charge in [0.05, 0.1) is 0 Å². The van der Waals surface area contributed by atoms with E-state index in [1.54, 1.807) is 14.0 Å². The molecule has 3 nitrogen and oxygen atoms in total. The first-order valence-corrected chi connectivity index (χ1v) is 2.86. The number of nitrogens with two attached hydrogens (primary N) is 1. The molecule has 0 aromatic rings. The van der Waals surface area contributed by atoms with E-state index in [0.717, 1.165) is 0 Å². The molecule has 0 bridgehead atoms. The van der Waals surface area contributed by atoms with Gasteiger partial charge < -0.3 is 11.1 Å². The van der Waals surface area contributed by atoms with Gasteiger partial charge in [-0.2, -0.15) is 0 Å². The molecule has 0 rings (SSSR count). The molecular weight excluding hydrogens is 138 g/mol. The summed E-state index contributed by atoms with van der Waals surface area (Å²) >= 11 is 5.31. The Labute approximate surface area is 59.4 Å². The smallest absolute Gasteiger partial charge is 0.127 e. The summed E-state index contributed by atoms with van der Waals surface area (Å²) in [5.74, 6) is 0.440. The Kier molecular flexibility index (Phi) is 3.09. The van der Waals surface area contributed by atoms with Crippen molar-refractivity contribution < 1.29 is 0 Å². The first-order valence-electron chi connectivity index (χ1n) is 2.48. The zero-order valence-electron chi connectivity index (χ0n) is 5.46. The predicted octanol–water partition coefficient (Wildman–Crippen LogP) is 0.612. The van der Waals surface area contributed by atoms with Gasteiger partial charge in [0.15, 0.2) is 0 Å². The summed E-state index contributed by atoms with van der Waals surface area (Å²) in [4.78, 5) is 0. The van der Waals surface area contributed by atoms with Crippen molar-refractivity contribution in [2.24, 2.45) is 5.73 Å². The van der Waals surface area contributed by atoms with Crippen LogP contribution in [0.25, 0.3) is 0 Å². The maximum atomic E-state index is 6.92. The molecule has 0 aromatic carbocycles. The van der Waals surface area contributed by atoms with Crippen LogP contribution in [-0.4, -0.2) is 12.2 Å². The van der Waals surface area contributed by atoms with Gasteiger partial charge in [-0.05, 0) is 6.92 Å². The van der Waals surface area contributed by atoms with E-state index in [1.165, 1.54) is 0 Å². The molecule has 0 aliphatic rings. The van der Waals surface area contributed by atoms with Gasteiger partial charge in [0.1, 0.15) is 11.0 Å². The molecule has 0 radical (unpaired) electrons. The molecule has 0 aliphatic carbocycles. The summed E-state index contributed by atoms with van der Waals surface area (Å²) in [6.45, 7) is 1.68. The highest BCUT2D eigenvalue weighted by atomic mass is 35.5. The fourth-order valence-corrected chi connectivity index (χ4v) is 0.408. The summed E-state index contributed by atoms with van der Waals surface area (Å²) in [7, 11) is 1.68. The molecule has 0 spiro atoms. The molecule has 0 unspecified atom stereocenters. The summed E-state index contributed by atoms with van der Waals surface area (Å²) in [6, 6.07) is 0. The minimum Gasteiger partial charge on any atom is -0.385 e. The fraction of sp³-hybridized carbons (Fsp3) is 0.400. The van der Waals surface area contributed by atoms with Crippen molar-refractivity contribution in [1.82, 2.24) is 5.32 Å². The Morgan fingerprint density at radius 3 is 2.22 bits per heavy atom. The van der Waals surface area contributed by atoms with E-state index in [1.807, 2.05) is 0 Å². The Balaban J connectivity index is 4.28. The zero-order valence-corrected chi connectivity index (χ0v) is 6.21. The molecule has 4 N–H and O–H groups in total. The molecule has 52 valence electrons. The Bertz CT molecular complexity index is 150. The molecular formula is C5H10ClN3. The zero-order chi connectivity index (χ0) is 7.44. The lowest BCUT2D eigenvalue weighted by atomic mass is 10.3. The van der Waals surface area contributed by atoms with Crippen molar-refractivity contribution in [2.75, 3.05) is 7.05 Å². The van der Waals surface area contributed by atoms with E-state index >= 15 is 0 Å². The predicted molar refractivity (Wildman–Crippen MR) is 39.5 cm³/mol. The van der Waals surface area contributed by atoms with Crippen LogP contribution >= 0.6 is 11.6 Å². The third-order valence-electron chi connectivity index (χ3n) is 1.00. The number of halogens is 1. The van der Waals surface area contributed by atoms with Crippen LogP contribution in [-0.2, 0) is 0 Å². The summed E-state index contributed by atoms with van der Waals surface area (Å²) in [5.41, 5.74) is 5.93. The molecule has 4 heteroatoms. The van der Waals surface area contributed by atoms with Gasteiger partial charge in [0.2, 0.25) is 0 Å². The minimum atomic E-state index is -0.0261. The van der Waals surface area contributed by atoms with E-state index in [4.69, 9.17) is 22.7 Å². The van der Waals surface area contributed by atoms with Crippen LogP contribution in [0, 0.1) is 5.41 Å². The maximum Gasteiger partial charge on any atom is 0.127 e. The lowest BCUT2D eigenvalue weighted by Gasteiger charge is -2.01. The van der Waals surface area contributed by atoms with Gasteiger partial charge in [0, 0.05) is 12.6 Å². The quantitative estimate of drug-likeness (QED) is 0.502. The molecule has 0 heterocycles. The highest BCUT2D eigenvalue weighted by molar-refractivity contribution is 6.68. The van der Waals surface area contributed by atoms with Crippen LogP contribution in [0.3, 0.4) is 0 Å². The normalized spacial score (nSPS) is 12.3. The second-order valence-corrected chi connectivity index (χ2v) is 1.98. The van der Waals surface area contributed by atoms with Crippen LogP contribution in [0.2, 0.25) is 0 Å². The Morgan fingerprint density at radius 1 is 1.67 bits per heavy atom. The molecule has 0 amide bonds. The third kappa shape index (κ3) is 2.37. The maximum absolute atomic E-state index is 6.92. The van der Waals surface area contributed by atoms with Crippen molar-refractivity contribution >= 4 is 16.8 Å². The highest BCUT2D eigenvalue weighted by Gasteiger charge is 1.97. The number of allylic oxidation sites excluding steroid dienone is 1. The van der Waals surface area contributed by atoms with E-state index in [2.05, 4.69) is 5.32 Å². The SMILES string of the molecule is CN/C(N)=C(/C)C(=N)Cl. The lowest BCUT2D eigenvalue weighted by Crippen LogP contribution is -2.18. The number of hydrogen-bond acceptors (Lipinski definition) is 3. The van der Waals surface area contributed by atoms with E-state index in [9.17, 15) is 0 Å². The van der Waals surface area contributed by atoms with Crippen molar-refractivity contribution in [2.45, 2.75) is 6.92 Å². The van der Waals surface area contributed by atoms with Gasteiger partial charge in [-0.1, -0.05) is 11.6 Å². The monoisotopic (exact) mass is 147 g/mol. The number of nitrogens with one attached hydrogen (secondary N) is 2. The molecule has 0 aliphatic heterocycles. The molecule has 0 fully saturated rings. The lowest BCUT2D eigenvalue weighted by molar-refractivity contribution is 0.950. The standard InChI is InChI=1S/C5H10ClN3/c1-3(4(6)7)5(8)9-2/h7,9H,8H2,1-2H3/b5-3-,7-4?. The van der Waals surface area contributed by atoms with Crippen LogP contribution in [0.4, 0.5) is 0 Å². The number of hydrogen-bond donors (Lipinski definition) is 3.